The first-order valence-electron chi connectivity index (χ1n) is 6.27. The zero-order valence-corrected chi connectivity index (χ0v) is 10.0. The quantitative estimate of drug-likeness (QED) is 0.695. The molecule has 1 aliphatic carbocycles. The lowest BCUT2D eigenvalue weighted by atomic mass is 9.85. The van der Waals surface area contributed by atoms with Gasteiger partial charge in [0.25, 0.3) is 0 Å². The molecule has 0 aromatic carbocycles. The maximum atomic E-state index is 11.5. The van der Waals surface area contributed by atoms with E-state index in [0.29, 0.717) is 12.5 Å². The minimum Gasteiger partial charge on any atom is -0.460 e. The lowest BCUT2D eigenvalue weighted by Gasteiger charge is -2.30. The number of ether oxygens (including phenoxy) is 1. The van der Waals surface area contributed by atoms with E-state index in [4.69, 9.17) is 10.5 Å². The number of hydrogen-bond acceptors (Lipinski definition) is 4. The van der Waals surface area contributed by atoms with Gasteiger partial charge < -0.3 is 15.6 Å². The Morgan fingerprint density at radius 1 is 1.50 bits per heavy atom. The van der Waals surface area contributed by atoms with Crippen LogP contribution in [0.2, 0.25) is 0 Å². The van der Waals surface area contributed by atoms with Gasteiger partial charge in [-0.05, 0) is 44.6 Å². The number of aliphatic hydroxyl groups excluding tert-OH is 1. The van der Waals surface area contributed by atoms with Crippen molar-refractivity contribution in [1.29, 1.82) is 0 Å². The largest absolute Gasteiger partial charge is 0.460 e. The summed E-state index contributed by atoms with van der Waals surface area (Å²) in [6.45, 7) is 2.42. The molecule has 4 heteroatoms. The first-order valence-corrected chi connectivity index (χ1v) is 6.27. The second-order valence-corrected chi connectivity index (χ2v) is 4.52. The molecular formula is C12H23NO3. The van der Waals surface area contributed by atoms with Crippen LogP contribution in [0.15, 0.2) is 0 Å². The van der Waals surface area contributed by atoms with E-state index in [2.05, 4.69) is 6.92 Å². The maximum absolute atomic E-state index is 11.5. The summed E-state index contributed by atoms with van der Waals surface area (Å²) in [5.74, 6) is -0.0430. The summed E-state index contributed by atoms with van der Waals surface area (Å²) in [4.78, 5) is 11.5. The smallest absolute Gasteiger partial charge is 0.335 e. The standard InChI is InChI=1S/C12H23NO3/c1-2-9-5-3-4-6-11(9)16-12(15)10(14)7-8-13/h9-11,14H,2-8,13H2,1H3. The first kappa shape index (κ1) is 13.5. The molecule has 3 N–H and O–H groups in total. The minimum absolute atomic E-state index is 0.00123. The SMILES string of the molecule is CCC1CCCCC1OC(=O)C(O)CCN. The average molecular weight is 229 g/mol. The van der Waals surface area contributed by atoms with Gasteiger partial charge in [-0.3, -0.25) is 0 Å². The number of aliphatic hydroxyl groups is 1. The molecule has 1 rings (SSSR count). The summed E-state index contributed by atoms with van der Waals surface area (Å²) in [6, 6.07) is 0. The van der Waals surface area contributed by atoms with Crippen LogP contribution in [0.1, 0.15) is 45.4 Å². The van der Waals surface area contributed by atoms with Crippen LogP contribution in [-0.2, 0) is 9.53 Å². The highest BCUT2D eigenvalue weighted by Crippen LogP contribution is 2.29. The predicted octanol–water partition coefficient (Wildman–Crippen LogP) is 1.21. The van der Waals surface area contributed by atoms with E-state index >= 15 is 0 Å². The number of carbonyl (C=O) groups excluding carboxylic acids is 1. The molecule has 3 atom stereocenters. The normalized spacial score (nSPS) is 27.4. The Kier molecular flexibility index (Phi) is 5.77. The molecule has 0 radical (unpaired) electrons. The summed E-state index contributed by atoms with van der Waals surface area (Å²) in [5.41, 5.74) is 5.29. The molecule has 0 aliphatic heterocycles. The van der Waals surface area contributed by atoms with Crippen LogP contribution in [0.5, 0.6) is 0 Å². The zero-order chi connectivity index (χ0) is 12.0. The molecule has 0 aromatic rings. The van der Waals surface area contributed by atoms with Gasteiger partial charge in [-0.15, -0.1) is 0 Å². The molecule has 0 amide bonds. The fourth-order valence-electron chi connectivity index (χ4n) is 2.30. The van der Waals surface area contributed by atoms with Gasteiger partial charge in [-0.25, -0.2) is 4.79 Å². The van der Waals surface area contributed by atoms with Gasteiger partial charge in [-0.1, -0.05) is 13.3 Å². The van der Waals surface area contributed by atoms with Gasteiger partial charge in [0.15, 0.2) is 6.10 Å². The van der Waals surface area contributed by atoms with E-state index in [0.717, 1.165) is 25.7 Å². The first-order chi connectivity index (χ1) is 7.69. The second kappa shape index (κ2) is 6.86. The molecule has 94 valence electrons. The Bertz CT molecular complexity index is 220. The molecule has 3 unspecified atom stereocenters. The fraction of sp³-hybridized carbons (Fsp3) is 0.917. The number of rotatable bonds is 5. The summed E-state index contributed by atoms with van der Waals surface area (Å²) in [5, 5.41) is 9.45. The van der Waals surface area contributed by atoms with Gasteiger partial charge in [0, 0.05) is 0 Å². The fourth-order valence-corrected chi connectivity index (χ4v) is 2.30. The van der Waals surface area contributed by atoms with Crippen LogP contribution in [0, 0.1) is 5.92 Å². The third-order valence-electron chi connectivity index (χ3n) is 3.34. The Balaban J connectivity index is 2.41. The Morgan fingerprint density at radius 2 is 2.19 bits per heavy atom. The predicted molar refractivity (Wildman–Crippen MR) is 61.8 cm³/mol. The van der Waals surface area contributed by atoms with E-state index in [1.165, 1.54) is 6.42 Å². The van der Waals surface area contributed by atoms with E-state index in [-0.39, 0.29) is 12.5 Å². The van der Waals surface area contributed by atoms with Crippen molar-refractivity contribution in [3.05, 3.63) is 0 Å². The van der Waals surface area contributed by atoms with Crippen molar-refractivity contribution in [2.75, 3.05) is 6.54 Å². The van der Waals surface area contributed by atoms with Gasteiger partial charge in [0.2, 0.25) is 0 Å². The Labute approximate surface area is 97.2 Å². The van der Waals surface area contributed by atoms with Crippen molar-refractivity contribution in [3.63, 3.8) is 0 Å². The molecule has 1 fully saturated rings. The lowest BCUT2D eigenvalue weighted by molar-refractivity contribution is -0.164. The summed E-state index contributed by atoms with van der Waals surface area (Å²) >= 11 is 0. The summed E-state index contributed by atoms with van der Waals surface area (Å²) in [6.07, 6.45) is 4.65. The summed E-state index contributed by atoms with van der Waals surface area (Å²) in [7, 11) is 0. The molecule has 1 aliphatic rings. The average Bonchev–Trinajstić information content (AvgIpc) is 2.30. The molecular weight excluding hydrogens is 206 g/mol. The van der Waals surface area contributed by atoms with Crippen LogP contribution in [0.3, 0.4) is 0 Å². The highest BCUT2D eigenvalue weighted by atomic mass is 16.6. The molecule has 0 saturated heterocycles. The number of hydrogen-bond donors (Lipinski definition) is 2. The van der Waals surface area contributed by atoms with Crippen LogP contribution >= 0.6 is 0 Å². The van der Waals surface area contributed by atoms with Crippen molar-refractivity contribution in [2.24, 2.45) is 11.7 Å². The number of carbonyl (C=O) groups is 1. The van der Waals surface area contributed by atoms with E-state index < -0.39 is 12.1 Å². The van der Waals surface area contributed by atoms with Gasteiger partial charge in [-0.2, -0.15) is 0 Å². The molecule has 1 saturated carbocycles. The summed E-state index contributed by atoms with van der Waals surface area (Å²) < 4.78 is 5.36. The van der Waals surface area contributed by atoms with Gasteiger partial charge >= 0.3 is 5.97 Å². The molecule has 16 heavy (non-hydrogen) atoms. The third-order valence-corrected chi connectivity index (χ3v) is 3.34. The molecule has 4 nitrogen and oxygen atoms in total. The van der Waals surface area contributed by atoms with Crippen LogP contribution < -0.4 is 5.73 Å². The highest BCUT2D eigenvalue weighted by Gasteiger charge is 2.28. The zero-order valence-electron chi connectivity index (χ0n) is 10.0. The van der Waals surface area contributed by atoms with Gasteiger partial charge in [0.05, 0.1) is 0 Å². The minimum atomic E-state index is -1.05. The molecule has 0 bridgehead atoms. The van der Waals surface area contributed by atoms with E-state index in [1.54, 1.807) is 0 Å². The van der Waals surface area contributed by atoms with Crippen molar-refractivity contribution >= 4 is 5.97 Å². The number of nitrogens with two attached hydrogens (primary N) is 1. The monoisotopic (exact) mass is 229 g/mol. The number of esters is 1. The molecule has 0 heterocycles. The van der Waals surface area contributed by atoms with Crippen LogP contribution in [-0.4, -0.2) is 29.8 Å². The lowest BCUT2D eigenvalue weighted by Crippen LogP contribution is -2.35. The maximum Gasteiger partial charge on any atom is 0.335 e. The van der Waals surface area contributed by atoms with Crippen molar-refractivity contribution in [3.8, 4) is 0 Å². The third kappa shape index (κ3) is 3.76. The van der Waals surface area contributed by atoms with Crippen molar-refractivity contribution in [1.82, 2.24) is 0 Å². The van der Waals surface area contributed by atoms with E-state index in [9.17, 15) is 9.90 Å². The molecule has 0 aromatic heterocycles. The molecule has 0 spiro atoms. The van der Waals surface area contributed by atoms with Crippen molar-refractivity contribution in [2.45, 2.75) is 57.7 Å². The Morgan fingerprint density at radius 3 is 2.81 bits per heavy atom. The van der Waals surface area contributed by atoms with E-state index in [1.807, 2.05) is 0 Å². The second-order valence-electron chi connectivity index (χ2n) is 4.52. The van der Waals surface area contributed by atoms with Crippen molar-refractivity contribution < 1.29 is 14.6 Å². The highest BCUT2D eigenvalue weighted by molar-refractivity contribution is 5.74. The van der Waals surface area contributed by atoms with Crippen LogP contribution in [0.4, 0.5) is 0 Å². The topological polar surface area (TPSA) is 72.5 Å². The van der Waals surface area contributed by atoms with Crippen LogP contribution in [0.25, 0.3) is 0 Å². The Hall–Kier alpha value is -0.610. The van der Waals surface area contributed by atoms with Gasteiger partial charge in [0.1, 0.15) is 6.10 Å².